The number of hydrogen-bond acceptors (Lipinski definition) is 5. The molecule has 1 fully saturated rings. The topological polar surface area (TPSA) is 58.2 Å². The van der Waals surface area contributed by atoms with Crippen LogP contribution in [0.2, 0.25) is 0 Å². The minimum atomic E-state index is -2.80. The highest BCUT2D eigenvalue weighted by Crippen LogP contribution is 2.08. The van der Waals surface area contributed by atoms with Crippen LogP contribution in [-0.4, -0.2) is 39.1 Å². The van der Waals surface area contributed by atoms with Crippen molar-refractivity contribution in [1.82, 2.24) is 10.6 Å². The van der Waals surface area contributed by atoms with Gasteiger partial charge in [0.15, 0.2) is 9.84 Å². The van der Waals surface area contributed by atoms with Crippen molar-refractivity contribution < 1.29 is 8.42 Å². The Morgan fingerprint density at radius 3 is 3.12 bits per heavy atom. The van der Waals surface area contributed by atoms with Gasteiger partial charge in [0.1, 0.15) is 0 Å². The van der Waals surface area contributed by atoms with Crippen molar-refractivity contribution in [3.05, 3.63) is 22.4 Å². The van der Waals surface area contributed by atoms with E-state index in [1.165, 1.54) is 4.88 Å². The van der Waals surface area contributed by atoms with Crippen LogP contribution in [0, 0.1) is 0 Å². The Kier molecular flexibility index (Phi) is 4.55. The van der Waals surface area contributed by atoms with E-state index in [9.17, 15) is 8.42 Å². The van der Waals surface area contributed by atoms with Gasteiger partial charge in [-0.25, -0.2) is 8.42 Å². The second-order valence-corrected chi connectivity index (χ2v) is 7.57. The Hall–Kier alpha value is -0.430. The zero-order valence-corrected chi connectivity index (χ0v) is 11.3. The third kappa shape index (κ3) is 4.39. The van der Waals surface area contributed by atoms with Crippen LogP contribution in [0.25, 0.3) is 0 Å². The maximum absolute atomic E-state index is 11.4. The molecule has 1 saturated heterocycles. The molecular formula is C11H18N2O2S2. The fourth-order valence-corrected chi connectivity index (χ4v) is 4.12. The summed E-state index contributed by atoms with van der Waals surface area (Å²) in [4.78, 5) is 1.31. The monoisotopic (exact) mass is 274 g/mol. The quantitative estimate of drug-likeness (QED) is 0.773. The molecule has 1 aromatic heterocycles. The lowest BCUT2D eigenvalue weighted by molar-refractivity contribution is 0.479. The van der Waals surface area contributed by atoms with E-state index < -0.39 is 9.84 Å². The largest absolute Gasteiger partial charge is 0.312 e. The summed E-state index contributed by atoms with van der Waals surface area (Å²) in [5.74, 6) is 0.569. The molecule has 1 aliphatic heterocycles. The molecule has 0 saturated carbocycles. The first kappa shape index (κ1) is 13.0. The van der Waals surface area contributed by atoms with Crippen molar-refractivity contribution in [1.29, 1.82) is 0 Å². The first-order valence-corrected chi connectivity index (χ1v) is 8.53. The molecular weight excluding hydrogens is 256 g/mol. The summed E-state index contributed by atoms with van der Waals surface area (Å²) in [7, 11) is -2.80. The number of hydrogen-bond donors (Lipinski definition) is 2. The minimum Gasteiger partial charge on any atom is -0.312 e. The smallest absolute Gasteiger partial charge is 0.153 e. The zero-order chi connectivity index (χ0) is 12.1. The predicted molar refractivity (Wildman–Crippen MR) is 71.1 cm³/mol. The lowest BCUT2D eigenvalue weighted by atomic mass is 10.2. The van der Waals surface area contributed by atoms with E-state index in [2.05, 4.69) is 22.1 Å². The van der Waals surface area contributed by atoms with Crippen LogP contribution < -0.4 is 10.6 Å². The number of thiophene rings is 1. The van der Waals surface area contributed by atoms with E-state index in [0.29, 0.717) is 6.54 Å². The summed E-state index contributed by atoms with van der Waals surface area (Å²) in [6.45, 7) is 2.32. The van der Waals surface area contributed by atoms with Crippen LogP contribution in [-0.2, 0) is 16.4 Å². The van der Waals surface area contributed by atoms with E-state index in [1.54, 1.807) is 11.3 Å². The summed E-state index contributed by atoms with van der Waals surface area (Å²) in [5.41, 5.74) is 0. The molecule has 2 rings (SSSR count). The van der Waals surface area contributed by atoms with E-state index in [0.717, 1.165) is 19.5 Å². The Morgan fingerprint density at radius 1 is 1.53 bits per heavy atom. The molecule has 96 valence electrons. The summed E-state index contributed by atoms with van der Waals surface area (Å²) in [5, 5.41) is 8.65. The van der Waals surface area contributed by atoms with E-state index in [-0.39, 0.29) is 17.5 Å². The zero-order valence-electron chi connectivity index (χ0n) is 9.69. The number of sulfone groups is 1. The second kappa shape index (κ2) is 5.95. The highest BCUT2D eigenvalue weighted by Gasteiger charge is 2.23. The summed E-state index contributed by atoms with van der Waals surface area (Å²) in [6.07, 6.45) is 0.866. The fourth-order valence-electron chi connectivity index (χ4n) is 1.95. The van der Waals surface area contributed by atoms with Crippen LogP contribution in [0.5, 0.6) is 0 Å². The molecule has 1 atom stereocenters. The molecule has 17 heavy (non-hydrogen) atoms. The van der Waals surface area contributed by atoms with Gasteiger partial charge >= 0.3 is 0 Å². The lowest BCUT2D eigenvalue weighted by Crippen LogP contribution is -2.46. The molecule has 0 bridgehead atoms. The van der Waals surface area contributed by atoms with Gasteiger partial charge in [-0.1, -0.05) is 6.07 Å². The van der Waals surface area contributed by atoms with Crippen LogP contribution in [0.15, 0.2) is 17.5 Å². The maximum Gasteiger partial charge on any atom is 0.153 e. The average molecular weight is 274 g/mol. The van der Waals surface area contributed by atoms with Crippen molar-refractivity contribution in [3.8, 4) is 0 Å². The summed E-state index contributed by atoms with van der Waals surface area (Å²) >= 11 is 1.73. The van der Waals surface area contributed by atoms with Crippen LogP contribution >= 0.6 is 11.3 Å². The molecule has 6 heteroatoms. The predicted octanol–water partition coefficient (Wildman–Crippen LogP) is 0.614. The molecule has 0 radical (unpaired) electrons. The molecule has 0 spiro atoms. The minimum absolute atomic E-state index is 0.115. The summed E-state index contributed by atoms with van der Waals surface area (Å²) in [6, 6.07) is 4.25. The third-order valence-corrected chi connectivity index (χ3v) is 5.46. The Morgan fingerprint density at radius 2 is 2.41 bits per heavy atom. The van der Waals surface area contributed by atoms with Crippen LogP contribution in [0.4, 0.5) is 0 Å². The van der Waals surface area contributed by atoms with Gasteiger partial charge in [0.2, 0.25) is 0 Å². The molecule has 0 aromatic carbocycles. The Labute approximate surface area is 106 Å². The van der Waals surface area contributed by atoms with Crippen molar-refractivity contribution >= 4 is 21.2 Å². The third-order valence-electron chi connectivity index (χ3n) is 2.85. The highest BCUT2D eigenvalue weighted by molar-refractivity contribution is 7.91. The first-order valence-electron chi connectivity index (χ1n) is 5.83. The van der Waals surface area contributed by atoms with Gasteiger partial charge < -0.3 is 10.6 Å². The second-order valence-electron chi connectivity index (χ2n) is 4.31. The van der Waals surface area contributed by atoms with Gasteiger partial charge in [-0.3, -0.25) is 0 Å². The average Bonchev–Trinajstić information content (AvgIpc) is 2.76. The fraction of sp³-hybridized carbons (Fsp3) is 0.636. The molecule has 1 aromatic rings. The Bertz CT molecular complexity index is 428. The van der Waals surface area contributed by atoms with E-state index in [4.69, 9.17) is 0 Å². The van der Waals surface area contributed by atoms with Gasteiger partial charge in [-0.15, -0.1) is 11.3 Å². The molecule has 1 unspecified atom stereocenters. The molecule has 1 aliphatic rings. The van der Waals surface area contributed by atoms with Gasteiger partial charge in [-0.2, -0.15) is 0 Å². The van der Waals surface area contributed by atoms with Gasteiger partial charge in [0, 0.05) is 24.0 Å². The van der Waals surface area contributed by atoms with Gasteiger partial charge in [0.05, 0.1) is 11.5 Å². The van der Waals surface area contributed by atoms with Crippen LogP contribution in [0.3, 0.4) is 0 Å². The van der Waals surface area contributed by atoms with Crippen LogP contribution in [0.1, 0.15) is 11.3 Å². The summed E-state index contributed by atoms with van der Waals surface area (Å²) < 4.78 is 22.8. The maximum atomic E-state index is 11.4. The molecule has 0 aliphatic carbocycles. The lowest BCUT2D eigenvalue weighted by Gasteiger charge is -2.23. The molecule has 2 N–H and O–H groups in total. The molecule has 0 amide bonds. The van der Waals surface area contributed by atoms with Crippen molar-refractivity contribution in [2.75, 3.05) is 24.6 Å². The van der Waals surface area contributed by atoms with Crippen molar-refractivity contribution in [2.24, 2.45) is 0 Å². The standard InChI is InChI=1S/C11H18N2O2S2/c14-17(15)7-5-13-10(9-17)3-4-12-8-11-2-1-6-16-11/h1-2,6,10,12-13H,3-5,7-9H2. The Balaban J connectivity index is 1.65. The molecule has 4 nitrogen and oxygen atoms in total. The highest BCUT2D eigenvalue weighted by atomic mass is 32.2. The number of nitrogens with one attached hydrogen (secondary N) is 2. The SMILES string of the molecule is O=S1(=O)CCNC(CCNCc2cccs2)C1. The van der Waals surface area contributed by atoms with Crippen molar-refractivity contribution in [3.63, 3.8) is 0 Å². The number of rotatable bonds is 5. The van der Waals surface area contributed by atoms with E-state index in [1.807, 2.05) is 6.07 Å². The normalized spacial score (nSPS) is 23.6. The molecule has 2 heterocycles. The first-order chi connectivity index (χ1) is 8.16. The van der Waals surface area contributed by atoms with Gasteiger partial charge in [-0.05, 0) is 24.4 Å². The van der Waals surface area contributed by atoms with Crippen molar-refractivity contribution in [2.45, 2.75) is 19.0 Å². The van der Waals surface area contributed by atoms with Gasteiger partial charge in [0.25, 0.3) is 0 Å². The van der Waals surface area contributed by atoms with E-state index >= 15 is 0 Å².